The van der Waals surface area contributed by atoms with E-state index in [1.165, 1.54) is 5.56 Å². The highest BCUT2D eigenvalue weighted by atomic mass is 79.9. The molecule has 2 N–H and O–H groups in total. The summed E-state index contributed by atoms with van der Waals surface area (Å²) in [6.07, 6.45) is 1.83. The van der Waals surface area contributed by atoms with Crippen molar-refractivity contribution in [2.75, 3.05) is 0 Å². The van der Waals surface area contributed by atoms with Crippen LogP contribution in [0.2, 0.25) is 0 Å². The van der Waals surface area contributed by atoms with Crippen LogP contribution in [0.1, 0.15) is 11.3 Å². The Kier molecular flexibility index (Phi) is 2.83. The highest BCUT2D eigenvalue weighted by Crippen LogP contribution is 2.21. The standard InChI is InChI=1S/C10H11BrN4/c1-7-2-3-10(9(11)4-7)15-6-8(5-12)13-14-15/h2-4,6H,5,12H2,1H3. The van der Waals surface area contributed by atoms with Gasteiger partial charge in [-0.25, -0.2) is 4.68 Å². The number of benzene rings is 1. The SMILES string of the molecule is Cc1ccc(-n2cc(CN)nn2)c(Br)c1. The van der Waals surface area contributed by atoms with Gasteiger partial charge in [-0.15, -0.1) is 5.10 Å². The fourth-order valence-electron chi connectivity index (χ4n) is 1.31. The van der Waals surface area contributed by atoms with Crippen molar-refractivity contribution < 1.29 is 0 Å². The van der Waals surface area contributed by atoms with Gasteiger partial charge in [0.1, 0.15) is 0 Å². The monoisotopic (exact) mass is 266 g/mol. The van der Waals surface area contributed by atoms with E-state index in [-0.39, 0.29) is 0 Å². The summed E-state index contributed by atoms with van der Waals surface area (Å²) in [5.74, 6) is 0. The number of hydrogen-bond acceptors (Lipinski definition) is 3. The number of aryl methyl sites for hydroxylation is 1. The Morgan fingerprint density at radius 2 is 2.27 bits per heavy atom. The molecule has 0 aliphatic heterocycles. The lowest BCUT2D eigenvalue weighted by Gasteiger charge is -2.03. The number of nitrogens with zero attached hydrogens (tertiary/aromatic N) is 3. The molecule has 2 aromatic rings. The summed E-state index contributed by atoms with van der Waals surface area (Å²) in [4.78, 5) is 0. The lowest BCUT2D eigenvalue weighted by atomic mass is 10.2. The summed E-state index contributed by atoms with van der Waals surface area (Å²) in [5.41, 5.74) is 8.42. The van der Waals surface area contributed by atoms with Crippen LogP contribution >= 0.6 is 15.9 Å². The molecule has 5 heteroatoms. The first-order valence-corrected chi connectivity index (χ1v) is 5.38. The van der Waals surface area contributed by atoms with Crippen molar-refractivity contribution in [2.24, 2.45) is 5.73 Å². The second-order valence-electron chi connectivity index (χ2n) is 3.31. The minimum atomic E-state index is 0.406. The molecule has 2 rings (SSSR count). The van der Waals surface area contributed by atoms with Crippen molar-refractivity contribution in [1.82, 2.24) is 15.0 Å². The van der Waals surface area contributed by atoms with E-state index in [9.17, 15) is 0 Å². The second-order valence-corrected chi connectivity index (χ2v) is 4.17. The van der Waals surface area contributed by atoms with Gasteiger partial charge in [0.15, 0.2) is 0 Å². The van der Waals surface area contributed by atoms with Crippen molar-refractivity contribution in [3.63, 3.8) is 0 Å². The third-order valence-electron chi connectivity index (χ3n) is 2.10. The number of hydrogen-bond donors (Lipinski definition) is 1. The predicted molar refractivity (Wildman–Crippen MR) is 61.7 cm³/mol. The predicted octanol–water partition coefficient (Wildman–Crippen LogP) is 1.80. The summed E-state index contributed by atoms with van der Waals surface area (Å²) < 4.78 is 2.71. The van der Waals surface area contributed by atoms with Crippen LogP contribution in [0, 0.1) is 6.92 Å². The third kappa shape index (κ3) is 2.08. The molecule has 0 atom stereocenters. The van der Waals surface area contributed by atoms with Crippen LogP contribution in [0.15, 0.2) is 28.9 Å². The van der Waals surface area contributed by atoms with Crippen LogP contribution in [-0.2, 0) is 6.54 Å². The van der Waals surface area contributed by atoms with Crippen molar-refractivity contribution in [3.8, 4) is 5.69 Å². The average Bonchev–Trinajstić information content (AvgIpc) is 2.66. The first-order chi connectivity index (χ1) is 7.20. The summed E-state index contributed by atoms with van der Waals surface area (Å²) in [6.45, 7) is 2.45. The minimum absolute atomic E-state index is 0.406. The van der Waals surface area contributed by atoms with Gasteiger partial charge in [0.25, 0.3) is 0 Å². The highest BCUT2D eigenvalue weighted by Gasteiger charge is 2.05. The van der Waals surface area contributed by atoms with Crippen LogP contribution in [0.3, 0.4) is 0 Å². The van der Waals surface area contributed by atoms with Crippen molar-refractivity contribution in [1.29, 1.82) is 0 Å². The first kappa shape index (κ1) is 10.3. The Bertz CT molecular complexity index is 478. The van der Waals surface area contributed by atoms with Crippen LogP contribution < -0.4 is 5.73 Å². The molecule has 0 aliphatic carbocycles. The normalized spacial score (nSPS) is 10.6. The molecule has 0 saturated heterocycles. The molecular weight excluding hydrogens is 256 g/mol. The van der Waals surface area contributed by atoms with E-state index in [1.54, 1.807) is 4.68 Å². The number of nitrogens with two attached hydrogens (primary N) is 1. The molecule has 0 spiro atoms. The molecule has 0 amide bonds. The number of aromatic nitrogens is 3. The van der Waals surface area contributed by atoms with Gasteiger partial charge >= 0.3 is 0 Å². The van der Waals surface area contributed by atoms with Crippen molar-refractivity contribution in [2.45, 2.75) is 13.5 Å². The van der Waals surface area contributed by atoms with E-state index in [4.69, 9.17) is 5.73 Å². The van der Waals surface area contributed by atoms with E-state index in [0.717, 1.165) is 15.9 Å². The fraction of sp³-hybridized carbons (Fsp3) is 0.200. The molecule has 0 bridgehead atoms. The third-order valence-corrected chi connectivity index (χ3v) is 2.74. The van der Waals surface area contributed by atoms with E-state index >= 15 is 0 Å². The van der Waals surface area contributed by atoms with E-state index in [2.05, 4.69) is 26.2 Å². The summed E-state index contributed by atoms with van der Waals surface area (Å²) >= 11 is 3.50. The van der Waals surface area contributed by atoms with Crippen LogP contribution in [0.4, 0.5) is 0 Å². The molecule has 1 aromatic carbocycles. The molecule has 1 aromatic heterocycles. The van der Waals surface area contributed by atoms with Crippen LogP contribution in [0.25, 0.3) is 5.69 Å². The van der Waals surface area contributed by atoms with Gasteiger partial charge in [0.05, 0.1) is 17.6 Å². The van der Waals surface area contributed by atoms with Gasteiger partial charge in [-0.3, -0.25) is 0 Å². The summed E-state index contributed by atoms with van der Waals surface area (Å²) in [5, 5.41) is 7.95. The number of halogens is 1. The first-order valence-electron chi connectivity index (χ1n) is 4.58. The Labute approximate surface area is 96.2 Å². The van der Waals surface area contributed by atoms with E-state index in [1.807, 2.05) is 31.3 Å². The van der Waals surface area contributed by atoms with Gasteiger partial charge in [0.2, 0.25) is 0 Å². The molecule has 0 aliphatic rings. The average molecular weight is 267 g/mol. The van der Waals surface area contributed by atoms with Gasteiger partial charge in [0, 0.05) is 11.0 Å². The number of rotatable bonds is 2. The maximum atomic E-state index is 5.48. The van der Waals surface area contributed by atoms with Crippen LogP contribution in [0.5, 0.6) is 0 Å². The van der Waals surface area contributed by atoms with Gasteiger partial charge in [-0.05, 0) is 40.5 Å². The van der Waals surface area contributed by atoms with Crippen LogP contribution in [-0.4, -0.2) is 15.0 Å². The van der Waals surface area contributed by atoms with Gasteiger partial charge < -0.3 is 5.73 Å². The Morgan fingerprint density at radius 1 is 1.47 bits per heavy atom. The van der Waals surface area contributed by atoms with Gasteiger partial charge in [-0.1, -0.05) is 11.3 Å². The molecule has 0 saturated carbocycles. The molecule has 1 heterocycles. The Hall–Kier alpha value is -1.20. The van der Waals surface area contributed by atoms with Gasteiger partial charge in [-0.2, -0.15) is 0 Å². The second kappa shape index (κ2) is 4.12. The maximum Gasteiger partial charge on any atom is 0.0967 e. The highest BCUT2D eigenvalue weighted by molar-refractivity contribution is 9.10. The Balaban J connectivity index is 2.44. The van der Waals surface area contributed by atoms with E-state index < -0.39 is 0 Å². The zero-order valence-corrected chi connectivity index (χ0v) is 9.90. The minimum Gasteiger partial charge on any atom is -0.325 e. The fourth-order valence-corrected chi connectivity index (χ4v) is 1.98. The molecule has 78 valence electrons. The lowest BCUT2D eigenvalue weighted by Crippen LogP contribution is -1.96. The molecule has 15 heavy (non-hydrogen) atoms. The topological polar surface area (TPSA) is 56.7 Å². The zero-order valence-electron chi connectivity index (χ0n) is 8.31. The summed E-state index contributed by atoms with van der Waals surface area (Å²) in [6, 6.07) is 6.07. The molecule has 0 fully saturated rings. The zero-order chi connectivity index (χ0) is 10.8. The molecule has 0 radical (unpaired) electrons. The molecular formula is C10H11BrN4. The lowest BCUT2D eigenvalue weighted by molar-refractivity contribution is 0.794. The largest absolute Gasteiger partial charge is 0.325 e. The maximum absolute atomic E-state index is 5.48. The molecule has 0 unspecified atom stereocenters. The Morgan fingerprint density at radius 3 is 2.87 bits per heavy atom. The molecule has 4 nitrogen and oxygen atoms in total. The van der Waals surface area contributed by atoms with Crippen molar-refractivity contribution in [3.05, 3.63) is 40.1 Å². The summed E-state index contributed by atoms with van der Waals surface area (Å²) in [7, 11) is 0. The quantitative estimate of drug-likeness (QED) is 0.902. The van der Waals surface area contributed by atoms with E-state index in [0.29, 0.717) is 6.54 Å². The van der Waals surface area contributed by atoms with Crippen molar-refractivity contribution >= 4 is 15.9 Å². The smallest absolute Gasteiger partial charge is 0.0967 e.